The summed E-state index contributed by atoms with van der Waals surface area (Å²) in [5, 5.41) is 0. The Morgan fingerprint density at radius 2 is 2.11 bits per heavy atom. The van der Waals surface area contributed by atoms with Gasteiger partial charge in [0.15, 0.2) is 6.29 Å². The quantitative estimate of drug-likeness (QED) is 0.846. The summed E-state index contributed by atoms with van der Waals surface area (Å²) < 4.78 is 0.743. The molecule has 0 saturated heterocycles. The minimum absolute atomic E-state index is 0.220. The van der Waals surface area contributed by atoms with Gasteiger partial charge in [-0.3, -0.25) is 9.59 Å². The van der Waals surface area contributed by atoms with Crippen molar-refractivity contribution in [1.29, 1.82) is 0 Å². The third-order valence-electron chi connectivity index (χ3n) is 3.53. The normalized spacial score (nSPS) is 15.4. The molecule has 5 heteroatoms. The molecule has 0 unspecified atom stereocenters. The van der Waals surface area contributed by atoms with E-state index in [-0.39, 0.29) is 12.5 Å². The molecule has 0 bridgehead atoms. The van der Waals surface area contributed by atoms with Crippen LogP contribution in [0.15, 0.2) is 22.7 Å². The van der Waals surface area contributed by atoms with Crippen molar-refractivity contribution in [3.05, 3.63) is 28.2 Å². The summed E-state index contributed by atoms with van der Waals surface area (Å²) in [5.41, 5.74) is 6.88. The van der Waals surface area contributed by atoms with Crippen molar-refractivity contribution >= 4 is 33.8 Å². The van der Waals surface area contributed by atoms with Gasteiger partial charge in [0.05, 0.1) is 6.54 Å². The number of aldehydes is 1. The lowest BCUT2D eigenvalue weighted by atomic mass is 10.1. The van der Waals surface area contributed by atoms with Crippen LogP contribution in [0.25, 0.3) is 0 Å². The monoisotopic (exact) mass is 324 g/mol. The first kappa shape index (κ1) is 14.1. The summed E-state index contributed by atoms with van der Waals surface area (Å²) in [7, 11) is 0. The van der Waals surface area contributed by atoms with Gasteiger partial charge in [-0.25, -0.2) is 0 Å². The molecule has 0 radical (unpaired) electrons. The van der Waals surface area contributed by atoms with E-state index in [4.69, 9.17) is 5.73 Å². The van der Waals surface area contributed by atoms with Crippen LogP contribution in [0.1, 0.15) is 36.0 Å². The Morgan fingerprint density at radius 3 is 2.63 bits per heavy atom. The van der Waals surface area contributed by atoms with Crippen molar-refractivity contribution in [2.75, 3.05) is 11.4 Å². The van der Waals surface area contributed by atoms with Crippen molar-refractivity contribution in [2.24, 2.45) is 5.73 Å². The smallest absolute Gasteiger partial charge is 0.236 e. The molecule has 2 N–H and O–H groups in total. The first-order valence-corrected chi connectivity index (χ1v) is 7.21. The number of amides is 1. The predicted molar refractivity (Wildman–Crippen MR) is 78.3 cm³/mol. The van der Waals surface area contributed by atoms with Crippen molar-refractivity contribution in [1.82, 2.24) is 0 Å². The van der Waals surface area contributed by atoms with Crippen LogP contribution in [0.4, 0.5) is 5.69 Å². The molecular formula is C14H17BrN2O2. The fourth-order valence-electron chi connectivity index (χ4n) is 2.61. The van der Waals surface area contributed by atoms with Gasteiger partial charge >= 0.3 is 0 Å². The van der Waals surface area contributed by atoms with Gasteiger partial charge in [-0.2, -0.15) is 0 Å². The second-order valence-electron chi connectivity index (χ2n) is 4.86. The van der Waals surface area contributed by atoms with Gasteiger partial charge in [-0.1, -0.05) is 12.8 Å². The molecule has 0 spiro atoms. The maximum atomic E-state index is 11.3. The minimum Gasteiger partial charge on any atom is -0.368 e. The molecule has 2 rings (SSSR count). The Bertz CT molecular complexity index is 484. The van der Waals surface area contributed by atoms with E-state index in [2.05, 4.69) is 20.8 Å². The lowest BCUT2D eigenvalue weighted by molar-refractivity contribution is -0.116. The summed E-state index contributed by atoms with van der Waals surface area (Å²) in [6.45, 7) is 0.220. The van der Waals surface area contributed by atoms with E-state index < -0.39 is 0 Å². The van der Waals surface area contributed by atoms with E-state index in [1.54, 1.807) is 6.07 Å². The maximum absolute atomic E-state index is 11.3. The highest BCUT2D eigenvalue weighted by Crippen LogP contribution is 2.30. The number of nitrogens with zero attached hydrogens (tertiary/aromatic N) is 1. The van der Waals surface area contributed by atoms with Crippen molar-refractivity contribution < 1.29 is 9.59 Å². The number of anilines is 1. The molecule has 102 valence electrons. The van der Waals surface area contributed by atoms with Gasteiger partial charge < -0.3 is 10.6 Å². The Labute approximate surface area is 121 Å². The number of halogens is 1. The van der Waals surface area contributed by atoms with Crippen LogP contribution >= 0.6 is 15.9 Å². The number of hydrogen-bond donors (Lipinski definition) is 1. The van der Waals surface area contributed by atoms with Crippen molar-refractivity contribution in [3.8, 4) is 0 Å². The number of carbonyl (C=O) groups is 2. The van der Waals surface area contributed by atoms with Gasteiger partial charge in [0, 0.05) is 21.8 Å². The van der Waals surface area contributed by atoms with Gasteiger partial charge in [-0.05, 0) is 47.0 Å². The van der Waals surface area contributed by atoms with Gasteiger partial charge in [0.2, 0.25) is 5.91 Å². The third-order valence-corrected chi connectivity index (χ3v) is 4.22. The van der Waals surface area contributed by atoms with E-state index in [9.17, 15) is 9.59 Å². The topological polar surface area (TPSA) is 63.4 Å². The standard InChI is InChI=1S/C14H17BrN2O2/c15-13-7-12(6-5-10(13)9-18)17(8-14(16)19)11-3-1-2-4-11/h5-7,9,11H,1-4,8H2,(H2,16,19). The fourth-order valence-corrected chi connectivity index (χ4v) is 3.07. The molecule has 1 aromatic carbocycles. The number of nitrogens with two attached hydrogens (primary N) is 1. The predicted octanol–water partition coefficient (Wildman–Crippen LogP) is 2.50. The van der Waals surface area contributed by atoms with E-state index in [0.29, 0.717) is 11.6 Å². The Morgan fingerprint density at radius 1 is 1.42 bits per heavy atom. The Balaban J connectivity index is 2.28. The van der Waals surface area contributed by atoms with E-state index >= 15 is 0 Å². The molecule has 1 aliphatic rings. The Kier molecular flexibility index (Phi) is 4.58. The first-order valence-electron chi connectivity index (χ1n) is 6.41. The molecule has 0 aliphatic heterocycles. The van der Waals surface area contributed by atoms with Crippen LogP contribution < -0.4 is 10.6 Å². The van der Waals surface area contributed by atoms with Crippen LogP contribution in [0.2, 0.25) is 0 Å². The van der Waals surface area contributed by atoms with Crippen LogP contribution in [0, 0.1) is 0 Å². The van der Waals surface area contributed by atoms with Gasteiger partial charge in [-0.15, -0.1) is 0 Å². The third kappa shape index (κ3) is 3.35. The highest BCUT2D eigenvalue weighted by molar-refractivity contribution is 9.10. The largest absolute Gasteiger partial charge is 0.368 e. The van der Waals surface area contributed by atoms with E-state index in [0.717, 1.165) is 29.3 Å². The molecule has 1 aliphatic carbocycles. The molecule has 0 aromatic heterocycles. The molecule has 0 heterocycles. The summed E-state index contributed by atoms with van der Waals surface area (Å²) in [6.07, 6.45) is 5.35. The average Bonchev–Trinajstić information content (AvgIpc) is 2.89. The molecule has 1 amide bonds. The van der Waals surface area contributed by atoms with Crippen molar-refractivity contribution in [2.45, 2.75) is 31.7 Å². The molecule has 4 nitrogen and oxygen atoms in total. The molecule has 19 heavy (non-hydrogen) atoms. The van der Waals surface area contributed by atoms with Gasteiger partial charge in [0.25, 0.3) is 0 Å². The highest BCUT2D eigenvalue weighted by atomic mass is 79.9. The number of rotatable bonds is 5. The molecule has 1 aromatic rings. The zero-order chi connectivity index (χ0) is 13.8. The average molecular weight is 325 g/mol. The Hall–Kier alpha value is -1.36. The summed E-state index contributed by atoms with van der Waals surface area (Å²) in [4.78, 5) is 24.1. The number of primary amides is 1. The molecular weight excluding hydrogens is 308 g/mol. The van der Waals surface area contributed by atoms with E-state index in [1.165, 1.54) is 12.8 Å². The second kappa shape index (κ2) is 6.19. The lowest BCUT2D eigenvalue weighted by Gasteiger charge is -2.30. The fraction of sp³-hybridized carbons (Fsp3) is 0.429. The minimum atomic E-state index is -0.331. The van der Waals surface area contributed by atoms with Crippen LogP contribution in [0.3, 0.4) is 0 Å². The van der Waals surface area contributed by atoms with Crippen LogP contribution in [-0.2, 0) is 4.79 Å². The maximum Gasteiger partial charge on any atom is 0.236 e. The SMILES string of the molecule is NC(=O)CN(c1ccc(C=O)c(Br)c1)C1CCCC1. The summed E-state index contributed by atoms with van der Waals surface area (Å²) >= 11 is 3.38. The lowest BCUT2D eigenvalue weighted by Crippen LogP contribution is -2.40. The molecule has 0 atom stereocenters. The second-order valence-corrected chi connectivity index (χ2v) is 5.71. The molecule has 1 fully saturated rings. The molecule has 1 saturated carbocycles. The van der Waals surface area contributed by atoms with Crippen molar-refractivity contribution in [3.63, 3.8) is 0 Å². The highest BCUT2D eigenvalue weighted by Gasteiger charge is 2.24. The van der Waals surface area contributed by atoms with Crippen LogP contribution in [0.5, 0.6) is 0 Å². The van der Waals surface area contributed by atoms with E-state index in [1.807, 2.05) is 12.1 Å². The number of benzene rings is 1. The number of carbonyl (C=O) groups excluding carboxylic acids is 2. The zero-order valence-corrected chi connectivity index (χ0v) is 12.2. The van der Waals surface area contributed by atoms with Gasteiger partial charge in [0.1, 0.15) is 0 Å². The summed E-state index contributed by atoms with van der Waals surface area (Å²) in [5.74, 6) is -0.331. The number of hydrogen-bond acceptors (Lipinski definition) is 3. The zero-order valence-electron chi connectivity index (χ0n) is 10.6. The first-order chi connectivity index (χ1) is 9.11. The summed E-state index contributed by atoms with van der Waals surface area (Å²) in [6, 6.07) is 5.87. The van der Waals surface area contributed by atoms with Crippen LogP contribution in [-0.4, -0.2) is 24.8 Å².